The first kappa shape index (κ1) is 32.4. The summed E-state index contributed by atoms with van der Waals surface area (Å²) < 4.78 is 46.2. The second-order valence-electron chi connectivity index (χ2n) is 12.6. The van der Waals surface area contributed by atoms with Crippen LogP contribution in [0.4, 0.5) is 24.5 Å². The number of fused-ring (bicyclic) bond motifs is 6. The lowest BCUT2D eigenvalue weighted by atomic mass is 9.96. The van der Waals surface area contributed by atoms with Crippen molar-refractivity contribution in [2.45, 2.75) is 13.1 Å². The van der Waals surface area contributed by atoms with E-state index in [0.29, 0.717) is 67.1 Å². The molecule has 7 nitrogen and oxygen atoms in total. The maximum absolute atomic E-state index is 14.2. The van der Waals surface area contributed by atoms with Crippen LogP contribution in [-0.2, 0) is 6.18 Å². The summed E-state index contributed by atoms with van der Waals surface area (Å²) in [6, 6.07) is 34.4. The van der Waals surface area contributed by atoms with Gasteiger partial charge in [0.1, 0.15) is 11.6 Å². The first-order valence-corrected chi connectivity index (χ1v) is 16.1. The quantitative estimate of drug-likeness (QED) is 0.173. The van der Waals surface area contributed by atoms with Crippen LogP contribution in [0.2, 0.25) is 0 Å². The highest BCUT2D eigenvalue weighted by Gasteiger charge is 2.31. The van der Waals surface area contributed by atoms with Crippen molar-refractivity contribution in [1.29, 1.82) is 15.8 Å². The summed E-state index contributed by atoms with van der Waals surface area (Å²) in [7, 11) is 0. The van der Waals surface area contributed by atoms with E-state index in [9.17, 15) is 29.0 Å². The number of benzene rings is 6. The normalized spacial score (nSPS) is 11.3. The SMILES string of the molecule is [C-]#[N+]c1ccc2c3ccc(C#N)cc3n(-c3cc(-c4cc(C)cc(C(F)(F)F)c4)cc(-n4c5cc(C#N)ccc5c5ccc([N+]#[C-])cc54)c3C#N)c2c1. The lowest BCUT2D eigenvalue weighted by Gasteiger charge is -2.19. The first-order chi connectivity index (χ1) is 25.6. The summed E-state index contributed by atoms with van der Waals surface area (Å²) in [5.74, 6) is 0. The molecule has 8 rings (SSSR count). The van der Waals surface area contributed by atoms with Crippen LogP contribution in [0, 0.1) is 54.1 Å². The number of nitrogens with zero attached hydrogens (tertiary/aromatic N) is 7. The van der Waals surface area contributed by atoms with E-state index in [0.717, 1.165) is 33.7 Å². The highest BCUT2D eigenvalue weighted by molar-refractivity contribution is 6.12. The van der Waals surface area contributed by atoms with Gasteiger partial charge in [0.2, 0.25) is 0 Å². The molecule has 0 atom stereocenters. The van der Waals surface area contributed by atoms with Crippen molar-refractivity contribution in [3.05, 3.63) is 154 Å². The van der Waals surface area contributed by atoms with E-state index in [1.807, 2.05) is 0 Å². The van der Waals surface area contributed by atoms with Gasteiger partial charge in [-0.25, -0.2) is 9.69 Å². The highest BCUT2D eigenvalue weighted by Crippen LogP contribution is 2.43. The van der Waals surface area contributed by atoms with Gasteiger partial charge in [-0.15, -0.1) is 0 Å². The van der Waals surface area contributed by atoms with Crippen LogP contribution in [0.3, 0.4) is 0 Å². The molecule has 6 aromatic carbocycles. The van der Waals surface area contributed by atoms with Crippen LogP contribution < -0.4 is 0 Å². The fourth-order valence-electron chi connectivity index (χ4n) is 7.17. The molecule has 0 unspecified atom stereocenters. The average molecular weight is 692 g/mol. The molecule has 2 aromatic heterocycles. The van der Waals surface area contributed by atoms with E-state index in [-0.39, 0.29) is 11.1 Å². The van der Waals surface area contributed by atoms with Gasteiger partial charge < -0.3 is 9.13 Å². The zero-order valence-corrected chi connectivity index (χ0v) is 27.6. The number of aromatic nitrogens is 2. The maximum Gasteiger partial charge on any atom is 0.416 e. The Morgan fingerprint density at radius 3 is 1.40 bits per heavy atom. The summed E-state index contributed by atoms with van der Waals surface area (Å²) >= 11 is 0. The van der Waals surface area contributed by atoms with Gasteiger partial charge in [-0.3, -0.25) is 0 Å². The van der Waals surface area contributed by atoms with Gasteiger partial charge in [-0.1, -0.05) is 42.5 Å². The van der Waals surface area contributed by atoms with Gasteiger partial charge >= 0.3 is 6.18 Å². The van der Waals surface area contributed by atoms with Crippen LogP contribution in [0.1, 0.15) is 27.8 Å². The van der Waals surface area contributed by atoms with Gasteiger partial charge in [-0.2, -0.15) is 29.0 Å². The van der Waals surface area contributed by atoms with E-state index >= 15 is 0 Å². The predicted octanol–water partition coefficient (Wildman–Crippen LogP) is 11.6. The van der Waals surface area contributed by atoms with Gasteiger partial charge in [0, 0.05) is 32.6 Å². The molecule has 0 spiro atoms. The summed E-state index contributed by atoms with van der Waals surface area (Å²) in [5, 5.41) is 33.8. The molecule has 53 heavy (non-hydrogen) atoms. The summed E-state index contributed by atoms with van der Waals surface area (Å²) in [5.41, 5.74) is 4.35. The molecule has 8 aromatic rings. The zero-order chi connectivity index (χ0) is 37.2. The molecule has 0 fully saturated rings. The van der Waals surface area contributed by atoms with E-state index in [2.05, 4.69) is 27.9 Å². The fourth-order valence-corrected chi connectivity index (χ4v) is 7.17. The summed E-state index contributed by atoms with van der Waals surface area (Å²) in [6.45, 7) is 17.1. The minimum Gasteiger partial charge on any atom is -0.309 e. The fraction of sp³-hybridized carbons (Fsp3) is 0.0465. The molecule has 0 radical (unpaired) electrons. The molecule has 0 amide bonds. The summed E-state index contributed by atoms with van der Waals surface area (Å²) in [6.07, 6.45) is -4.63. The Kier molecular flexibility index (Phi) is 7.26. The molecule has 0 saturated heterocycles. The van der Waals surface area contributed by atoms with Crippen molar-refractivity contribution < 1.29 is 13.2 Å². The lowest BCUT2D eigenvalue weighted by Crippen LogP contribution is -2.07. The third-order valence-electron chi connectivity index (χ3n) is 9.45. The van der Waals surface area contributed by atoms with Crippen LogP contribution in [0.15, 0.2) is 103 Å². The number of nitriles is 3. The molecule has 0 saturated carbocycles. The van der Waals surface area contributed by atoms with Crippen LogP contribution in [0.25, 0.3) is 75.8 Å². The van der Waals surface area contributed by atoms with Crippen LogP contribution >= 0.6 is 0 Å². The van der Waals surface area contributed by atoms with Gasteiger partial charge in [0.25, 0.3) is 0 Å². The molecule has 10 heteroatoms. The molecule has 0 bridgehead atoms. The Morgan fingerprint density at radius 2 is 0.981 bits per heavy atom. The Balaban J connectivity index is 1.61. The predicted molar refractivity (Wildman–Crippen MR) is 197 cm³/mol. The summed E-state index contributed by atoms with van der Waals surface area (Å²) in [4.78, 5) is 7.25. The molecular formula is C43H20F3N7. The number of alkyl halides is 3. The Morgan fingerprint density at radius 1 is 0.547 bits per heavy atom. The number of hydrogen-bond acceptors (Lipinski definition) is 3. The molecule has 2 heterocycles. The number of rotatable bonds is 3. The lowest BCUT2D eigenvalue weighted by molar-refractivity contribution is -0.137. The molecule has 0 aliphatic rings. The van der Waals surface area contributed by atoms with Crippen molar-refractivity contribution in [1.82, 2.24) is 9.13 Å². The first-order valence-electron chi connectivity index (χ1n) is 16.1. The monoisotopic (exact) mass is 691 g/mol. The van der Waals surface area contributed by atoms with E-state index in [1.54, 1.807) is 107 Å². The molecular weight excluding hydrogens is 672 g/mol. The smallest absolute Gasteiger partial charge is 0.309 e. The number of hydrogen-bond donors (Lipinski definition) is 0. The maximum atomic E-state index is 14.2. The van der Waals surface area contributed by atoms with Crippen molar-refractivity contribution in [2.75, 3.05) is 0 Å². The number of aryl methyl sites for hydroxylation is 1. The Labute approximate surface area is 300 Å². The van der Waals surface area contributed by atoms with Crippen molar-refractivity contribution in [3.63, 3.8) is 0 Å². The third kappa shape index (κ3) is 5.09. The van der Waals surface area contributed by atoms with E-state index in [1.165, 1.54) is 0 Å². The minimum atomic E-state index is -4.63. The molecule has 0 aliphatic carbocycles. The molecule has 248 valence electrons. The van der Waals surface area contributed by atoms with E-state index in [4.69, 9.17) is 13.1 Å². The second kappa shape index (κ2) is 11.9. The second-order valence-corrected chi connectivity index (χ2v) is 12.6. The standard InChI is InChI=1S/C43H20F3N7/c1-24-12-27(16-29(13-24)43(44,45)46)28-17-39(52-37-14-25(21-47)4-8-32(37)34-10-6-30(50-2)19-41(34)52)36(23-49)40(18-28)53-38-15-26(22-48)5-9-33(38)35-11-7-31(51-3)20-42(35)53/h4-20H,1H3. The van der Waals surface area contributed by atoms with Gasteiger partial charge in [0.05, 0.1) is 64.4 Å². The minimum absolute atomic E-state index is 0.126. The average Bonchev–Trinajstić information content (AvgIpc) is 3.67. The van der Waals surface area contributed by atoms with Gasteiger partial charge in [-0.05, 0) is 84.3 Å². The van der Waals surface area contributed by atoms with Gasteiger partial charge in [0.15, 0.2) is 11.4 Å². The molecule has 0 N–H and O–H groups in total. The Hall–Kier alpha value is -7.84. The highest BCUT2D eigenvalue weighted by atomic mass is 19.4. The van der Waals surface area contributed by atoms with Crippen LogP contribution in [0.5, 0.6) is 0 Å². The Bertz CT molecular complexity index is 2810. The van der Waals surface area contributed by atoms with Crippen LogP contribution in [-0.4, -0.2) is 9.13 Å². The largest absolute Gasteiger partial charge is 0.416 e. The number of halogens is 3. The van der Waals surface area contributed by atoms with E-state index < -0.39 is 11.7 Å². The third-order valence-corrected chi connectivity index (χ3v) is 9.45. The van der Waals surface area contributed by atoms with Crippen molar-refractivity contribution in [3.8, 4) is 40.7 Å². The topological polar surface area (TPSA) is 89.9 Å². The zero-order valence-electron chi connectivity index (χ0n) is 27.6. The van der Waals surface area contributed by atoms with Crippen molar-refractivity contribution in [2.24, 2.45) is 0 Å². The van der Waals surface area contributed by atoms with Crippen molar-refractivity contribution >= 4 is 55.0 Å². The molecule has 0 aliphatic heterocycles.